The number of nitrogens with one attached hydrogen (secondary N) is 2. The van der Waals surface area contributed by atoms with E-state index in [0.29, 0.717) is 21.9 Å². The molecule has 1 saturated carbocycles. The van der Waals surface area contributed by atoms with E-state index in [-0.39, 0.29) is 18.2 Å². The Labute approximate surface area is 144 Å². The van der Waals surface area contributed by atoms with Gasteiger partial charge in [-0.3, -0.25) is 14.6 Å². The molecule has 0 spiro atoms. The molecular weight excluding hydrogens is 334 g/mol. The molecule has 122 valence electrons. The summed E-state index contributed by atoms with van der Waals surface area (Å²) >= 11 is 7.24. The Kier molecular flexibility index (Phi) is 5.23. The zero-order valence-electron chi connectivity index (χ0n) is 12.5. The standard InChI is InChI=1S/C16H18ClN3O2S/c17-10-4-3-7-12(8-10)18-14(21)9-13-15(22)20-16(23-13)19-11-5-1-2-6-11/h3-4,7-8,11,13H,1-2,5-6,9H2,(H,18,21)(H,19,20,22)/t13-/m1/s1. The van der Waals surface area contributed by atoms with Crippen molar-refractivity contribution in [1.29, 1.82) is 0 Å². The van der Waals surface area contributed by atoms with Gasteiger partial charge in [-0.05, 0) is 31.0 Å². The lowest BCUT2D eigenvalue weighted by atomic mass is 10.2. The van der Waals surface area contributed by atoms with Gasteiger partial charge in [-0.1, -0.05) is 42.3 Å². The van der Waals surface area contributed by atoms with E-state index >= 15 is 0 Å². The highest BCUT2D eigenvalue weighted by Crippen LogP contribution is 2.27. The number of anilines is 1. The molecule has 7 heteroatoms. The molecule has 1 aliphatic heterocycles. The fraction of sp³-hybridized carbons (Fsp3) is 0.438. The minimum Gasteiger partial charge on any atom is -0.326 e. The fourth-order valence-electron chi connectivity index (χ4n) is 2.75. The fourth-order valence-corrected chi connectivity index (χ4v) is 3.98. The van der Waals surface area contributed by atoms with E-state index in [0.717, 1.165) is 12.8 Å². The van der Waals surface area contributed by atoms with Crippen LogP contribution in [0.2, 0.25) is 5.02 Å². The highest BCUT2D eigenvalue weighted by Gasteiger charge is 2.32. The summed E-state index contributed by atoms with van der Waals surface area (Å²) in [4.78, 5) is 28.7. The van der Waals surface area contributed by atoms with Gasteiger partial charge in [0.25, 0.3) is 0 Å². The summed E-state index contributed by atoms with van der Waals surface area (Å²) in [7, 11) is 0. The predicted octanol–water partition coefficient (Wildman–Crippen LogP) is 3.20. The number of aliphatic imine (C=N–C) groups is 1. The molecule has 5 nitrogen and oxygen atoms in total. The molecule has 1 aromatic rings. The molecule has 0 radical (unpaired) electrons. The van der Waals surface area contributed by atoms with Crippen molar-refractivity contribution in [2.45, 2.75) is 43.4 Å². The van der Waals surface area contributed by atoms with Crippen molar-refractivity contribution < 1.29 is 9.59 Å². The molecule has 0 aromatic heterocycles. The normalized spacial score (nSPS) is 23.3. The average Bonchev–Trinajstić information content (AvgIpc) is 3.10. The third-order valence-corrected chi connectivity index (χ3v) is 5.21. The van der Waals surface area contributed by atoms with Gasteiger partial charge in [0.2, 0.25) is 11.8 Å². The Balaban J connectivity index is 1.55. The Bertz CT molecular complexity index is 644. The average molecular weight is 352 g/mol. The number of carbonyl (C=O) groups excluding carboxylic acids is 2. The maximum Gasteiger partial charge on any atom is 0.240 e. The van der Waals surface area contributed by atoms with E-state index < -0.39 is 5.25 Å². The van der Waals surface area contributed by atoms with Crippen LogP contribution >= 0.6 is 23.4 Å². The van der Waals surface area contributed by atoms with E-state index in [9.17, 15) is 9.59 Å². The summed E-state index contributed by atoms with van der Waals surface area (Å²) in [6.45, 7) is 0. The molecule has 3 rings (SSSR count). The number of hydrogen-bond donors (Lipinski definition) is 2. The number of rotatable bonds is 4. The number of nitrogens with zero attached hydrogens (tertiary/aromatic N) is 1. The molecule has 1 atom stereocenters. The van der Waals surface area contributed by atoms with Gasteiger partial charge >= 0.3 is 0 Å². The summed E-state index contributed by atoms with van der Waals surface area (Å²) in [5.74, 6) is -0.352. The van der Waals surface area contributed by atoms with Crippen LogP contribution in [0.1, 0.15) is 32.1 Å². The molecule has 1 aromatic carbocycles. The van der Waals surface area contributed by atoms with Crippen LogP contribution in [0.4, 0.5) is 5.69 Å². The lowest BCUT2D eigenvalue weighted by Crippen LogP contribution is -2.28. The molecule has 0 bridgehead atoms. The monoisotopic (exact) mass is 351 g/mol. The molecule has 1 heterocycles. The summed E-state index contributed by atoms with van der Waals surface area (Å²) in [6.07, 6.45) is 4.68. The van der Waals surface area contributed by atoms with E-state index in [1.165, 1.54) is 24.6 Å². The molecule has 2 amide bonds. The van der Waals surface area contributed by atoms with Crippen LogP contribution in [-0.2, 0) is 9.59 Å². The van der Waals surface area contributed by atoms with Crippen molar-refractivity contribution >= 4 is 46.0 Å². The topological polar surface area (TPSA) is 70.6 Å². The first-order valence-corrected chi connectivity index (χ1v) is 8.96. The minimum atomic E-state index is -0.422. The molecule has 23 heavy (non-hydrogen) atoms. The van der Waals surface area contributed by atoms with Crippen LogP contribution in [0.5, 0.6) is 0 Å². The molecule has 0 unspecified atom stereocenters. The quantitative estimate of drug-likeness (QED) is 0.875. The SMILES string of the molecule is O=C(C[C@H]1SC(=NC2CCCC2)NC1=O)Nc1cccc(Cl)c1. The van der Waals surface area contributed by atoms with Crippen molar-refractivity contribution in [3.8, 4) is 0 Å². The van der Waals surface area contributed by atoms with Gasteiger partial charge in [0, 0.05) is 17.1 Å². The highest BCUT2D eigenvalue weighted by molar-refractivity contribution is 8.15. The number of amidine groups is 1. The summed E-state index contributed by atoms with van der Waals surface area (Å²) in [5.41, 5.74) is 0.630. The van der Waals surface area contributed by atoms with E-state index in [1.807, 2.05) is 0 Å². The molecule has 1 saturated heterocycles. The predicted molar refractivity (Wildman–Crippen MR) is 93.9 cm³/mol. The molecule has 2 aliphatic rings. The lowest BCUT2D eigenvalue weighted by molar-refractivity contribution is -0.122. The Morgan fingerprint density at radius 3 is 2.91 bits per heavy atom. The number of amides is 2. The third kappa shape index (κ3) is 4.48. The van der Waals surface area contributed by atoms with Crippen LogP contribution in [0, 0.1) is 0 Å². The second-order valence-corrected chi connectivity index (χ2v) is 7.36. The van der Waals surface area contributed by atoms with E-state index in [4.69, 9.17) is 11.6 Å². The second kappa shape index (κ2) is 7.36. The number of carbonyl (C=O) groups is 2. The summed E-state index contributed by atoms with van der Waals surface area (Å²) in [5, 5.41) is 6.33. The minimum absolute atomic E-state index is 0.118. The van der Waals surface area contributed by atoms with Gasteiger partial charge in [0.1, 0.15) is 5.25 Å². The number of hydrogen-bond acceptors (Lipinski definition) is 4. The lowest BCUT2D eigenvalue weighted by Gasteiger charge is -2.07. The first-order chi connectivity index (χ1) is 11.1. The second-order valence-electron chi connectivity index (χ2n) is 5.73. The maximum absolute atomic E-state index is 12.1. The van der Waals surface area contributed by atoms with Crippen molar-refractivity contribution in [3.63, 3.8) is 0 Å². The Hall–Kier alpha value is -1.53. The first kappa shape index (κ1) is 16.3. The van der Waals surface area contributed by atoms with Crippen molar-refractivity contribution in [3.05, 3.63) is 29.3 Å². The Morgan fingerprint density at radius 2 is 2.17 bits per heavy atom. The largest absolute Gasteiger partial charge is 0.326 e. The summed E-state index contributed by atoms with van der Waals surface area (Å²) < 4.78 is 0. The molecule has 2 fully saturated rings. The van der Waals surface area contributed by atoms with E-state index in [1.54, 1.807) is 24.3 Å². The van der Waals surface area contributed by atoms with Gasteiger partial charge in [-0.15, -0.1) is 0 Å². The van der Waals surface area contributed by atoms with Crippen molar-refractivity contribution in [2.24, 2.45) is 4.99 Å². The van der Waals surface area contributed by atoms with Gasteiger partial charge in [0.15, 0.2) is 5.17 Å². The van der Waals surface area contributed by atoms with Crippen LogP contribution in [-0.4, -0.2) is 28.3 Å². The van der Waals surface area contributed by atoms with Crippen LogP contribution in [0.3, 0.4) is 0 Å². The smallest absolute Gasteiger partial charge is 0.240 e. The van der Waals surface area contributed by atoms with Crippen LogP contribution < -0.4 is 10.6 Å². The third-order valence-electron chi connectivity index (χ3n) is 3.88. The summed E-state index contributed by atoms with van der Waals surface area (Å²) in [6, 6.07) is 7.26. The molecule has 1 aliphatic carbocycles. The molecule has 2 N–H and O–H groups in total. The Morgan fingerprint density at radius 1 is 1.39 bits per heavy atom. The molecular formula is C16H18ClN3O2S. The van der Waals surface area contributed by atoms with Gasteiger partial charge < -0.3 is 10.6 Å². The first-order valence-electron chi connectivity index (χ1n) is 7.71. The van der Waals surface area contributed by atoms with Crippen molar-refractivity contribution in [1.82, 2.24) is 5.32 Å². The van der Waals surface area contributed by atoms with Crippen LogP contribution in [0.15, 0.2) is 29.3 Å². The number of benzene rings is 1. The number of thioether (sulfide) groups is 1. The number of halogens is 1. The van der Waals surface area contributed by atoms with Gasteiger partial charge in [0.05, 0.1) is 6.04 Å². The van der Waals surface area contributed by atoms with Crippen molar-refractivity contribution in [2.75, 3.05) is 5.32 Å². The maximum atomic E-state index is 12.1. The highest BCUT2D eigenvalue weighted by atomic mass is 35.5. The van der Waals surface area contributed by atoms with E-state index in [2.05, 4.69) is 15.6 Å². The van der Waals surface area contributed by atoms with Crippen LogP contribution in [0.25, 0.3) is 0 Å². The zero-order valence-corrected chi connectivity index (χ0v) is 14.1. The van der Waals surface area contributed by atoms with Gasteiger partial charge in [-0.25, -0.2) is 0 Å². The van der Waals surface area contributed by atoms with Gasteiger partial charge in [-0.2, -0.15) is 0 Å². The zero-order chi connectivity index (χ0) is 16.2.